The molecule has 94 valence electrons. The van der Waals surface area contributed by atoms with E-state index in [1.54, 1.807) is 30.0 Å². The first-order valence-corrected chi connectivity index (χ1v) is 6.61. The van der Waals surface area contributed by atoms with Gasteiger partial charge >= 0.3 is 0 Å². The van der Waals surface area contributed by atoms with Crippen LogP contribution in [0.3, 0.4) is 0 Å². The standard InChI is InChI=1S/C12H18N2O2S/c1-8(17-3)7-14-12(15)10-5-4-9(13)6-11(10)16-2/h4-6,8H,7,13H2,1-3H3,(H,14,15). The second kappa shape index (κ2) is 6.39. The Balaban J connectivity index is 2.75. The van der Waals surface area contributed by atoms with Gasteiger partial charge in [-0.05, 0) is 18.4 Å². The summed E-state index contributed by atoms with van der Waals surface area (Å²) in [4.78, 5) is 11.9. The van der Waals surface area contributed by atoms with Crippen molar-refractivity contribution in [3.8, 4) is 5.75 Å². The van der Waals surface area contributed by atoms with Crippen LogP contribution in [0.25, 0.3) is 0 Å². The number of nitrogens with two attached hydrogens (primary N) is 1. The minimum Gasteiger partial charge on any atom is -0.496 e. The minimum atomic E-state index is -0.136. The average molecular weight is 254 g/mol. The summed E-state index contributed by atoms with van der Waals surface area (Å²) in [6.45, 7) is 2.69. The van der Waals surface area contributed by atoms with Gasteiger partial charge in [0.25, 0.3) is 5.91 Å². The number of amides is 1. The molecule has 0 bridgehead atoms. The van der Waals surface area contributed by atoms with E-state index in [0.29, 0.717) is 28.8 Å². The first kappa shape index (κ1) is 13.7. The Hall–Kier alpha value is -1.36. The zero-order valence-electron chi connectivity index (χ0n) is 10.3. The van der Waals surface area contributed by atoms with Gasteiger partial charge in [0.2, 0.25) is 0 Å². The topological polar surface area (TPSA) is 64.3 Å². The highest BCUT2D eigenvalue weighted by molar-refractivity contribution is 7.99. The average Bonchev–Trinajstić information content (AvgIpc) is 2.35. The number of benzene rings is 1. The first-order chi connectivity index (χ1) is 8.08. The number of hydrogen-bond donors (Lipinski definition) is 2. The van der Waals surface area contributed by atoms with Gasteiger partial charge in [-0.2, -0.15) is 11.8 Å². The van der Waals surface area contributed by atoms with Gasteiger partial charge < -0.3 is 15.8 Å². The van der Waals surface area contributed by atoms with Gasteiger partial charge in [-0.15, -0.1) is 0 Å². The molecule has 1 aromatic carbocycles. The number of ether oxygens (including phenoxy) is 1. The summed E-state index contributed by atoms with van der Waals surface area (Å²) in [5.41, 5.74) is 6.72. The van der Waals surface area contributed by atoms with Crippen LogP contribution in [0.5, 0.6) is 5.75 Å². The smallest absolute Gasteiger partial charge is 0.255 e. The number of nitrogen functional groups attached to an aromatic ring is 1. The lowest BCUT2D eigenvalue weighted by Gasteiger charge is -2.12. The number of methoxy groups -OCH3 is 1. The number of anilines is 1. The van der Waals surface area contributed by atoms with Crippen LogP contribution < -0.4 is 15.8 Å². The number of rotatable bonds is 5. The Kier molecular flexibility index (Phi) is 5.15. The van der Waals surface area contributed by atoms with E-state index in [-0.39, 0.29) is 5.91 Å². The summed E-state index contributed by atoms with van der Waals surface area (Å²) in [6.07, 6.45) is 2.01. The predicted molar refractivity (Wildman–Crippen MR) is 72.7 cm³/mol. The van der Waals surface area contributed by atoms with Crippen molar-refractivity contribution in [1.82, 2.24) is 5.32 Å². The fourth-order valence-corrected chi connectivity index (χ4v) is 1.56. The Labute approximate surface area is 106 Å². The molecule has 4 nitrogen and oxygen atoms in total. The molecule has 0 heterocycles. The van der Waals surface area contributed by atoms with E-state index >= 15 is 0 Å². The molecule has 0 radical (unpaired) electrons. The molecular weight excluding hydrogens is 236 g/mol. The maximum atomic E-state index is 11.9. The molecular formula is C12H18N2O2S. The van der Waals surface area contributed by atoms with E-state index in [1.807, 2.05) is 6.26 Å². The van der Waals surface area contributed by atoms with Crippen molar-refractivity contribution in [2.45, 2.75) is 12.2 Å². The van der Waals surface area contributed by atoms with E-state index in [2.05, 4.69) is 12.2 Å². The van der Waals surface area contributed by atoms with Crippen LogP contribution >= 0.6 is 11.8 Å². The van der Waals surface area contributed by atoms with Crippen LogP contribution in [0.4, 0.5) is 5.69 Å². The zero-order chi connectivity index (χ0) is 12.8. The third kappa shape index (κ3) is 3.85. The summed E-state index contributed by atoms with van der Waals surface area (Å²) in [7, 11) is 1.52. The van der Waals surface area contributed by atoms with E-state index in [0.717, 1.165) is 0 Å². The van der Waals surface area contributed by atoms with Crippen molar-refractivity contribution in [1.29, 1.82) is 0 Å². The Bertz CT molecular complexity index is 396. The van der Waals surface area contributed by atoms with E-state index in [9.17, 15) is 4.79 Å². The molecule has 3 N–H and O–H groups in total. The molecule has 0 fully saturated rings. The van der Waals surface area contributed by atoms with Crippen LogP contribution in [0.15, 0.2) is 18.2 Å². The molecule has 1 aromatic rings. The quantitative estimate of drug-likeness (QED) is 0.786. The third-order valence-corrected chi connectivity index (χ3v) is 3.39. The summed E-state index contributed by atoms with van der Waals surface area (Å²) in [5.74, 6) is 0.363. The molecule has 0 aliphatic heterocycles. The maximum absolute atomic E-state index is 11.9. The largest absolute Gasteiger partial charge is 0.496 e. The lowest BCUT2D eigenvalue weighted by atomic mass is 10.1. The van der Waals surface area contributed by atoms with Crippen molar-refractivity contribution >= 4 is 23.4 Å². The highest BCUT2D eigenvalue weighted by Gasteiger charge is 2.12. The molecule has 0 aliphatic carbocycles. The van der Waals surface area contributed by atoms with Crippen LogP contribution in [-0.4, -0.2) is 31.1 Å². The monoisotopic (exact) mass is 254 g/mol. The highest BCUT2D eigenvalue weighted by atomic mass is 32.2. The van der Waals surface area contributed by atoms with Gasteiger partial charge in [0.1, 0.15) is 5.75 Å². The fourth-order valence-electron chi connectivity index (χ4n) is 1.31. The molecule has 0 aliphatic rings. The lowest BCUT2D eigenvalue weighted by molar-refractivity contribution is 0.0951. The third-order valence-electron chi connectivity index (χ3n) is 2.42. The van der Waals surface area contributed by atoms with Crippen molar-refractivity contribution in [3.05, 3.63) is 23.8 Å². The Morgan fingerprint density at radius 3 is 2.88 bits per heavy atom. The van der Waals surface area contributed by atoms with Gasteiger partial charge in [-0.25, -0.2) is 0 Å². The SMILES string of the molecule is COc1cc(N)ccc1C(=O)NCC(C)SC. The number of thioether (sulfide) groups is 1. The summed E-state index contributed by atoms with van der Waals surface area (Å²) in [6, 6.07) is 5.01. The normalized spacial score (nSPS) is 11.9. The van der Waals surface area contributed by atoms with Crippen LogP contribution in [0.2, 0.25) is 0 Å². The second-order valence-corrected chi connectivity index (χ2v) is 4.99. The number of hydrogen-bond acceptors (Lipinski definition) is 4. The van der Waals surface area contributed by atoms with E-state index in [4.69, 9.17) is 10.5 Å². The molecule has 1 amide bonds. The van der Waals surface area contributed by atoms with Gasteiger partial charge in [-0.1, -0.05) is 6.92 Å². The highest BCUT2D eigenvalue weighted by Crippen LogP contribution is 2.21. The van der Waals surface area contributed by atoms with Crippen molar-refractivity contribution in [2.24, 2.45) is 0 Å². The molecule has 0 saturated heterocycles. The molecule has 17 heavy (non-hydrogen) atoms. The predicted octanol–water partition coefficient (Wildman–Crippen LogP) is 1.76. The first-order valence-electron chi connectivity index (χ1n) is 5.33. The summed E-state index contributed by atoms with van der Waals surface area (Å²) < 4.78 is 5.13. The van der Waals surface area contributed by atoms with Gasteiger partial charge in [-0.3, -0.25) is 4.79 Å². The van der Waals surface area contributed by atoms with Gasteiger partial charge in [0.15, 0.2) is 0 Å². The molecule has 5 heteroatoms. The van der Waals surface area contributed by atoms with Crippen molar-refractivity contribution < 1.29 is 9.53 Å². The van der Waals surface area contributed by atoms with Crippen LogP contribution in [-0.2, 0) is 0 Å². The lowest BCUT2D eigenvalue weighted by Crippen LogP contribution is -2.29. The molecule has 0 saturated carbocycles. The van der Waals surface area contributed by atoms with Gasteiger partial charge in [0, 0.05) is 23.5 Å². The number of carbonyl (C=O) groups is 1. The molecule has 1 rings (SSSR count). The summed E-state index contributed by atoms with van der Waals surface area (Å²) >= 11 is 1.71. The molecule has 0 aromatic heterocycles. The Morgan fingerprint density at radius 2 is 2.29 bits per heavy atom. The van der Waals surface area contributed by atoms with E-state index in [1.165, 1.54) is 7.11 Å². The van der Waals surface area contributed by atoms with Gasteiger partial charge in [0.05, 0.1) is 12.7 Å². The minimum absolute atomic E-state index is 0.136. The van der Waals surface area contributed by atoms with E-state index < -0.39 is 0 Å². The fraction of sp³-hybridized carbons (Fsp3) is 0.417. The molecule has 1 atom stereocenters. The summed E-state index contributed by atoms with van der Waals surface area (Å²) in [5, 5.41) is 3.25. The van der Waals surface area contributed by atoms with Crippen LogP contribution in [0, 0.1) is 0 Å². The zero-order valence-corrected chi connectivity index (χ0v) is 11.1. The molecule has 0 spiro atoms. The second-order valence-electron chi connectivity index (χ2n) is 3.72. The molecule has 1 unspecified atom stereocenters. The van der Waals surface area contributed by atoms with Crippen LogP contribution in [0.1, 0.15) is 17.3 Å². The maximum Gasteiger partial charge on any atom is 0.255 e. The van der Waals surface area contributed by atoms with Crippen molar-refractivity contribution in [3.63, 3.8) is 0 Å². The number of nitrogens with one attached hydrogen (secondary N) is 1. The Morgan fingerprint density at radius 1 is 1.59 bits per heavy atom. The number of carbonyl (C=O) groups excluding carboxylic acids is 1. The van der Waals surface area contributed by atoms with Crippen molar-refractivity contribution in [2.75, 3.05) is 25.6 Å².